The molecule has 14 atom stereocenters. The minimum Gasteiger partial charge on any atom is -0.461 e. The second kappa shape index (κ2) is 22.2. The Hall–Kier alpha value is -5.38. The average Bonchev–Trinajstić information content (AvgIpc) is 3.96. The van der Waals surface area contributed by atoms with Crippen molar-refractivity contribution in [3.63, 3.8) is 0 Å². The van der Waals surface area contributed by atoms with Crippen molar-refractivity contribution in [2.24, 2.45) is 28.8 Å². The van der Waals surface area contributed by atoms with Gasteiger partial charge in [-0.2, -0.15) is 0 Å². The second-order valence-corrected chi connectivity index (χ2v) is 18.7. The number of likely N-dealkylation sites (N-methyl/N-ethyl adjacent to an activating group) is 1. The van der Waals surface area contributed by atoms with Crippen LogP contribution < -0.4 is 0 Å². The Morgan fingerprint density at radius 3 is 2.42 bits per heavy atom. The number of methoxy groups -OCH3 is 1. The summed E-state index contributed by atoms with van der Waals surface area (Å²) in [6.07, 6.45) is 0.0635. The first-order chi connectivity index (χ1) is 31.9. The summed E-state index contributed by atoms with van der Waals surface area (Å²) in [7, 11) is 5.32. The molecule has 67 heavy (non-hydrogen) atoms. The summed E-state index contributed by atoms with van der Waals surface area (Å²) in [5, 5.41) is 16.5. The maximum absolute atomic E-state index is 14.6. The van der Waals surface area contributed by atoms with Gasteiger partial charge in [-0.25, -0.2) is 9.78 Å². The minimum atomic E-state index is -1.48. The van der Waals surface area contributed by atoms with Crippen molar-refractivity contribution >= 4 is 23.8 Å². The Kier molecular flexibility index (Phi) is 16.9. The number of ether oxygens (including phenoxy) is 7. The van der Waals surface area contributed by atoms with Crippen molar-refractivity contribution in [1.29, 1.82) is 0 Å². The molecule has 17 heteroatoms. The van der Waals surface area contributed by atoms with Crippen molar-refractivity contribution in [1.82, 2.24) is 19.4 Å². The van der Waals surface area contributed by atoms with Gasteiger partial charge in [0.25, 0.3) is 0 Å². The van der Waals surface area contributed by atoms with E-state index in [0.29, 0.717) is 17.8 Å². The summed E-state index contributed by atoms with van der Waals surface area (Å²) in [6.45, 7) is 14.4. The summed E-state index contributed by atoms with van der Waals surface area (Å²) in [5.74, 6) is 1.77. The molecule has 6 rings (SSSR count). The molecular formula is C50H67N5O12. The van der Waals surface area contributed by atoms with E-state index in [1.165, 1.54) is 0 Å². The third-order valence-electron chi connectivity index (χ3n) is 13.5. The van der Waals surface area contributed by atoms with Gasteiger partial charge in [0.2, 0.25) is 0 Å². The van der Waals surface area contributed by atoms with Gasteiger partial charge in [0.05, 0.1) is 47.9 Å². The number of pyridine rings is 1. The van der Waals surface area contributed by atoms with E-state index in [0.717, 1.165) is 11.3 Å². The molecule has 0 amide bonds. The molecule has 1 aromatic carbocycles. The topological polar surface area (TPSA) is 192 Å². The monoisotopic (exact) mass is 929 g/mol. The Bertz CT molecular complexity index is 2210. The van der Waals surface area contributed by atoms with E-state index in [-0.39, 0.29) is 38.0 Å². The summed E-state index contributed by atoms with van der Waals surface area (Å²) >= 11 is 0. The van der Waals surface area contributed by atoms with Gasteiger partial charge in [0, 0.05) is 60.7 Å². The number of carbonyl (C=O) groups excluding carboxylic acids is 3. The smallest absolute Gasteiger partial charge is 0.461 e. The van der Waals surface area contributed by atoms with E-state index in [1.807, 2.05) is 95.6 Å². The lowest BCUT2D eigenvalue weighted by Gasteiger charge is -2.48. The second-order valence-electron chi connectivity index (χ2n) is 18.7. The van der Waals surface area contributed by atoms with Crippen LogP contribution in [-0.4, -0.2) is 136 Å². The van der Waals surface area contributed by atoms with Gasteiger partial charge in [0.15, 0.2) is 24.6 Å². The quantitative estimate of drug-likeness (QED) is 0.0783. The summed E-state index contributed by atoms with van der Waals surface area (Å²) in [4.78, 5) is 57.9. The molecule has 2 aromatic heterocycles. The Morgan fingerprint density at radius 2 is 1.78 bits per heavy atom. The first kappa shape index (κ1) is 51.0. The lowest BCUT2D eigenvalue weighted by Crippen LogP contribution is -2.60. The van der Waals surface area contributed by atoms with Crippen LogP contribution in [0.1, 0.15) is 85.9 Å². The van der Waals surface area contributed by atoms with E-state index in [1.54, 1.807) is 57.9 Å². The number of imidazole rings is 1. The van der Waals surface area contributed by atoms with Gasteiger partial charge in [-0.3, -0.25) is 14.6 Å². The van der Waals surface area contributed by atoms with Crippen LogP contribution in [-0.2, 0) is 54.0 Å². The number of aromatic nitrogens is 3. The maximum atomic E-state index is 14.6. The highest BCUT2D eigenvalue weighted by atomic mass is 16.8. The van der Waals surface area contributed by atoms with Gasteiger partial charge >= 0.3 is 18.1 Å². The van der Waals surface area contributed by atoms with Crippen molar-refractivity contribution in [3.05, 3.63) is 78.6 Å². The number of carbonyl (C=O) groups is 3. The normalized spacial score (nSPS) is 34.4. The van der Waals surface area contributed by atoms with Crippen LogP contribution in [0.15, 0.2) is 72.5 Å². The van der Waals surface area contributed by atoms with Gasteiger partial charge < -0.3 is 52.6 Å². The zero-order chi connectivity index (χ0) is 48.6. The number of fused-ring (bicyclic) bond motifs is 1. The summed E-state index contributed by atoms with van der Waals surface area (Å²) in [5.41, 5.74) is -0.0698. The molecule has 17 nitrogen and oxygen atoms in total. The van der Waals surface area contributed by atoms with Gasteiger partial charge in [-0.15, -0.1) is 0 Å². The third kappa shape index (κ3) is 11.8. The number of benzene rings is 1. The maximum Gasteiger partial charge on any atom is 0.509 e. The molecule has 0 spiro atoms. The van der Waals surface area contributed by atoms with Crippen LogP contribution in [0.2, 0.25) is 0 Å². The molecule has 0 aliphatic carbocycles. The molecule has 3 saturated heterocycles. The van der Waals surface area contributed by atoms with Crippen molar-refractivity contribution in [2.75, 3.05) is 27.8 Å². The zero-order valence-electron chi connectivity index (χ0n) is 40.5. The largest absolute Gasteiger partial charge is 0.509 e. The zero-order valence-corrected chi connectivity index (χ0v) is 40.5. The molecule has 5 heterocycles. The van der Waals surface area contributed by atoms with Crippen molar-refractivity contribution in [2.45, 2.75) is 141 Å². The van der Waals surface area contributed by atoms with E-state index in [4.69, 9.17) is 43.2 Å². The molecule has 3 fully saturated rings. The molecule has 3 aliphatic heterocycles. The standard InChI is InChI=1S/C50H67N5O12/c1-12-39-50(8)45(66-48(59)67-50)32(4)41(53-61-25-15-16-35-18-20-37(21-19-35)55-24-23-51-29-55)30(2)28-49(7,60-11)44(65-47-42(57)38(54(9)10)26-31(3)62-47)33(5)43(34(6)46(58)63-39)64-40(56)27-36-17-13-14-22-52-36/h13-14,17-24,29-34,38-39,42-45,47,57H,12,25-28H2,1-11H3/b53-41+/t30-,31-,32+,33+,34-,38+,39-,42-,43+,44-,45-,47+,49-,50-/m1/s1. The molecule has 3 aliphatic rings. The number of hydrogen-bond donors (Lipinski definition) is 1. The number of aliphatic hydroxyl groups is 1. The highest BCUT2D eigenvalue weighted by molar-refractivity contribution is 5.89. The molecule has 0 saturated carbocycles. The van der Waals surface area contributed by atoms with E-state index < -0.39 is 89.8 Å². The van der Waals surface area contributed by atoms with Crippen LogP contribution in [0.5, 0.6) is 0 Å². The Labute approximate surface area is 393 Å². The minimum absolute atomic E-state index is 0.0739. The fraction of sp³-hybridized carbons (Fsp3) is 0.600. The molecule has 364 valence electrons. The van der Waals surface area contributed by atoms with E-state index in [9.17, 15) is 19.5 Å². The number of hydrogen-bond acceptors (Lipinski definition) is 16. The number of esters is 2. The number of nitrogens with zero attached hydrogens (tertiary/aromatic N) is 5. The fourth-order valence-electron chi connectivity index (χ4n) is 9.83. The molecule has 0 bridgehead atoms. The lowest BCUT2D eigenvalue weighted by atomic mass is 9.73. The molecule has 0 radical (unpaired) electrons. The van der Waals surface area contributed by atoms with Crippen LogP contribution in [0.25, 0.3) is 5.69 Å². The van der Waals surface area contributed by atoms with Crippen LogP contribution in [0, 0.1) is 35.5 Å². The molecular weight excluding hydrogens is 863 g/mol. The van der Waals surface area contributed by atoms with Gasteiger partial charge in [-0.1, -0.05) is 50.8 Å². The number of rotatable bonds is 11. The fourth-order valence-corrected chi connectivity index (χ4v) is 9.83. The Balaban J connectivity index is 1.41. The predicted octanol–water partition coefficient (Wildman–Crippen LogP) is 5.93. The lowest BCUT2D eigenvalue weighted by molar-refractivity contribution is -0.301. The van der Waals surface area contributed by atoms with Crippen molar-refractivity contribution in [3.8, 4) is 17.5 Å². The van der Waals surface area contributed by atoms with E-state index in [2.05, 4.69) is 21.8 Å². The Morgan fingerprint density at radius 1 is 1.03 bits per heavy atom. The highest BCUT2D eigenvalue weighted by Gasteiger charge is 2.59. The summed E-state index contributed by atoms with van der Waals surface area (Å²) in [6, 6.07) is 12.6. The first-order valence-corrected chi connectivity index (χ1v) is 23.1. The predicted molar refractivity (Wildman–Crippen MR) is 246 cm³/mol. The van der Waals surface area contributed by atoms with E-state index >= 15 is 0 Å². The van der Waals surface area contributed by atoms with Crippen LogP contribution >= 0.6 is 0 Å². The summed E-state index contributed by atoms with van der Waals surface area (Å²) < 4.78 is 46.1. The molecule has 1 N–H and O–H groups in total. The van der Waals surface area contributed by atoms with Crippen LogP contribution in [0.3, 0.4) is 0 Å². The third-order valence-corrected chi connectivity index (χ3v) is 13.5. The van der Waals surface area contributed by atoms with Crippen molar-refractivity contribution < 1.29 is 57.5 Å². The molecule has 3 aromatic rings. The number of cyclic esters (lactones) is 1. The highest BCUT2D eigenvalue weighted by Crippen LogP contribution is 2.43. The first-order valence-electron chi connectivity index (χ1n) is 23.1. The molecule has 0 unspecified atom stereocenters. The van der Waals surface area contributed by atoms with Gasteiger partial charge in [0.1, 0.15) is 18.3 Å². The van der Waals surface area contributed by atoms with Gasteiger partial charge in [-0.05, 0) is 97.5 Å². The number of aliphatic hydroxyl groups excluding tert-OH is 1. The van der Waals surface area contributed by atoms with Crippen LogP contribution in [0.4, 0.5) is 4.79 Å². The SMILES string of the molecule is CC[C@H]1OC(=O)[C@H](C)[C@@H](OC(=O)Cc2ccccn2)[C@H](C)[C@@H](O[C@@H]2O[C@H](C)C[C@H](N(C)C)[C@H]2O)[C@](C)(OC)C[C@@H](C)/C(=N\OCC#Cc2ccc(-n3ccnc3)cc2)[C@H](C)[C@H]2OC(=O)O[C@@]21C. The average molecular weight is 930 g/mol. The number of oxime groups is 1.